The van der Waals surface area contributed by atoms with Gasteiger partial charge in [0.2, 0.25) is 5.91 Å². The van der Waals surface area contributed by atoms with Gasteiger partial charge in [-0.1, -0.05) is 6.07 Å². The maximum Gasteiger partial charge on any atom is 0.227 e. The lowest BCUT2D eigenvalue weighted by atomic mass is 10.1. The van der Waals surface area contributed by atoms with Crippen molar-refractivity contribution in [2.45, 2.75) is 32.2 Å². The van der Waals surface area contributed by atoms with E-state index in [2.05, 4.69) is 5.32 Å². The third-order valence-electron chi connectivity index (χ3n) is 3.46. The van der Waals surface area contributed by atoms with Crippen LogP contribution in [0.3, 0.4) is 0 Å². The van der Waals surface area contributed by atoms with Gasteiger partial charge >= 0.3 is 0 Å². The van der Waals surface area contributed by atoms with E-state index < -0.39 is 0 Å². The van der Waals surface area contributed by atoms with Gasteiger partial charge in [-0.15, -0.1) is 12.4 Å². The molecule has 0 aromatic heterocycles. The number of carbonyl (C=O) groups is 1. The fourth-order valence-corrected chi connectivity index (χ4v) is 2.39. The molecule has 0 spiro atoms. The van der Waals surface area contributed by atoms with Gasteiger partial charge in [-0.05, 0) is 43.9 Å². The van der Waals surface area contributed by atoms with Crippen molar-refractivity contribution in [3.8, 4) is 5.75 Å². The number of nitrogens with two attached hydrogens (primary N) is 1. The first-order valence-corrected chi connectivity index (χ1v) is 6.31. The highest BCUT2D eigenvalue weighted by Crippen LogP contribution is 2.29. The van der Waals surface area contributed by atoms with Crippen molar-refractivity contribution in [1.29, 1.82) is 0 Å². The third kappa shape index (κ3) is 3.85. The number of rotatable bonds is 3. The summed E-state index contributed by atoms with van der Waals surface area (Å²) in [5.74, 6) is 0.779. The van der Waals surface area contributed by atoms with E-state index in [0.717, 1.165) is 30.5 Å². The summed E-state index contributed by atoms with van der Waals surface area (Å²) in [6.45, 7) is 1.99. The average molecular weight is 285 g/mol. The van der Waals surface area contributed by atoms with Crippen molar-refractivity contribution in [1.82, 2.24) is 0 Å². The molecule has 0 aliphatic heterocycles. The van der Waals surface area contributed by atoms with Crippen molar-refractivity contribution < 1.29 is 9.53 Å². The van der Waals surface area contributed by atoms with Crippen LogP contribution in [0.25, 0.3) is 0 Å². The van der Waals surface area contributed by atoms with Crippen molar-refractivity contribution in [2.24, 2.45) is 11.7 Å². The lowest BCUT2D eigenvalue weighted by Gasteiger charge is -2.14. The minimum absolute atomic E-state index is 0. The van der Waals surface area contributed by atoms with Gasteiger partial charge in [0.1, 0.15) is 5.75 Å². The van der Waals surface area contributed by atoms with E-state index in [1.54, 1.807) is 7.11 Å². The van der Waals surface area contributed by atoms with E-state index in [1.165, 1.54) is 0 Å². The van der Waals surface area contributed by atoms with Gasteiger partial charge in [0.25, 0.3) is 0 Å². The zero-order valence-corrected chi connectivity index (χ0v) is 12.1. The lowest BCUT2D eigenvalue weighted by Crippen LogP contribution is -2.23. The molecule has 0 saturated heterocycles. The highest BCUT2D eigenvalue weighted by Gasteiger charge is 2.28. The number of anilines is 1. The number of methoxy groups -OCH3 is 1. The van der Waals surface area contributed by atoms with Crippen LogP contribution in [0.1, 0.15) is 24.8 Å². The predicted octanol–water partition coefficient (Wildman–Crippen LogP) is 2.49. The van der Waals surface area contributed by atoms with Crippen molar-refractivity contribution in [3.05, 3.63) is 23.8 Å². The van der Waals surface area contributed by atoms with Gasteiger partial charge in [-0.3, -0.25) is 4.79 Å². The fourth-order valence-electron chi connectivity index (χ4n) is 2.39. The van der Waals surface area contributed by atoms with Crippen LogP contribution in [0.2, 0.25) is 0 Å². The Labute approximate surface area is 120 Å². The number of aryl methyl sites for hydroxylation is 1. The SMILES string of the molecule is COc1cc(C)ccc1NC(=O)C1CCC(N)C1.Cl. The first kappa shape index (κ1) is 15.8. The highest BCUT2D eigenvalue weighted by molar-refractivity contribution is 5.94. The monoisotopic (exact) mass is 284 g/mol. The topological polar surface area (TPSA) is 64.3 Å². The largest absolute Gasteiger partial charge is 0.495 e. The molecule has 1 aromatic carbocycles. The number of benzene rings is 1. The van der Waals surface area contributed by atoms with Crippen LogP contribution in [-0.4, -0.2) is 19.1 Å². The first-order valence-electron chi connectivity index (χ1n) is 6.31. The molecule has 0 bridgehead atoms. The van der Waals surface area contributed by atoms with E-state index in [1.807, 2.05) is 25.1 Å². The molecule has 0 radical (unpaired) electrons. The van der Waals surface area contributed by atoms with E-state index in [-0.39, 0.29) is 30.3 Å². The number of halogens is 1. The summed E-state index contributed by atoms with van der Waals surface area (Å²) in [5.41, 5.74) is 7.66. The Morgan fingerprint density at radius 2 is 2.16 bits per heavy atom. The molecular weight excluding hydrogens is 264 g/mol. The van der Waals surface area contributed by atoms with E-state index >= 15 is 0 Å². The fraction of sp³-hybridized carbons (Fsp3) is 0.500. The second kappa shape index (κ2) is 6.78. The van der Waals surface area contributed by atoms with E-state index in [9.17, 15) is 4.79 Å². The first-order chi connectivity index (χ1) is 8.60. The molecule has 1 fully saturated rings. The van der Waals surface area contributed by atoms with Crippen molar-refractivity contribution in [3.63, 3.8) is 0 Å². The summed E-state index contributed by atoms with van der Waals surface area (Å²) in [7, 11) is 1.61. The molecule has 19 heavy (non-hydrogen) atoms. The van der Waals surface area contributed by atoms with E-state index in [0.29, 0.717) is 5.75 Å². The molecule has 2 rings (SSSR count). The average Bonchev–Trinajstić information content (AvgIpc) is 2.78. The molecule has 106 valence electrons. The predicted molar refractivity (Wildman–Crippen MR) is 78.9 cm³/mol. The second-order valence-corrected chi connectivity index (χ2v) is 4.96. The van der Waals surface area contributed by atoms with Gasteiger partial charge in [0.15, 0.2) is 0 Å². The maximum atomic E-state index is 12.1. The van der Waals surface area contributed by atoms with Gasteiger partial charge in [0.05, 0.1) is 12.8 Å². The maximum absolute atomic E-state index is 12.1. The molecule has 1 amide bonds. The van der Waals surface area contributed by atoms with Gasteiger partial charge in [-0.25, -0.2) is 0 Å². The van der Waals surface area contributed by atoms with Crippen LogP contribution in [0.4, 0.5) is 5.69 Å². The molecule has 2 unspecified atom stereocenters. The number of nitrogens with one attached hydrogen (secondary N) is 1. The van der Waals surface area contributed by atoms with Crippen LogP contribution < -0.4 is 15.8 Å². The molecular formula is C14H21ClN2O2. The van der Waals surface area contributed by atoms with Crippen LogP contribution in [-0.2, 0) is 4.79 Å². The molecule has 0 heterocycles. The van der Waals surface area contributed by atoms with Gasteiger partial charge in [-0.2, -0.15) is 0 Å². The Morgan fingerprint density at radius 1 is 1.42 bits per heavy atom. The molecule has 4 nitrogen and oxygen atoms in total. The minimum Gasteiger partial charge on any atom is -0.495 e. The highest BCUT2D eigenvalue weighted by atomic mass is 35.5. The Kier molecular flexibility index (Phi) is 5.63. The molecule has 1 aliphatic rings. The quantitative estimate of drug-likeness (QED) is 0.896. The Bertz CT molecular complexity index is 451. The summed E-state index contributed by atoms with van der Waals surface area (Å²) in [5, 5.41) is 2.93. The third-order valence-corrected chi connectivity index (χ3v) is 3.46. The van der Waals surface area contributed by atoms with E-state index in [4.69, 9.17) is 10.5 Å². The van der Waals surface area contributed by atoms with Crippen LogP contribution in [0.5, 0.6) is 5.75 Å². The number of hydrogen-bond acceptors (Lipinski definition) is 3. The van der Waals surface area contributed by atoms with Crippen LogP contribution in [0.15, 0.2) is 18.2 Å². The van der Waals surface area contributed by atoms with Crippen LogP contribution >= 0.6 is 12.4 Å². The Hall–Kier alpha value is -1.26. The second-order valence-electron chi connectivity index (χ2n) is 4.96. The number of amides is 1. The van der Waals surface area contributed by atoms with Crippen molar-refractivity contribution in [2.75, 3.05) is 12.4 Å². The summed E-state index contributed by atoms with van der Waals surface area (Å²) < 4.78 is 5.27. The molecule has 3 N–H and O–H groups in total. The van der Waals surface area contributed by atoms with Crippen LogP contribution in [0, 0.1) is 12.8 Å². The number of carbonyl (C=O) groups excluding carboxylic acids is 1. The smallest absolute Gasteiger partial charge is 0.227 e. The zero-order chi connectivity index (χ0) is 13.1. The Morgan fingerprint density at radius 3 is 2.74 bits per heavy atom. The summed E-state index contributed by atoms with van der Waals surface area (Å²) in [6.07, 6.45) is 2.59. The van der Waals surface area contributed by atoms with Gasteiger partial charge < -0.3 is 15.8 Å². The molecule has 1 saturated carbocycles. The Balaban J connectivity index is 0.00000180. The zero-order valence-electron chi connectivity index (χ0n) is 11.3. The molecule has 1 aromatic rings. The van der Waals surface area contributed by atoms with Crippen molar-refractivity contribution >= 4 is 24.0 Å². The summed E-state index contributed by atoms with van der Waals surface area (Å²) in [6, 6.07) is 5.91. The molecule has 2 atom stereocenters. The number of ether oxygens (including phenoxy) is 1. The number of hydrogen-bond donors (Lipinski definition) is 2. The summed E-state index contributed by atoms with van der Waals surface area (Å²) in [4.78, 5) is 12.1. The normalized spacial score (nSPS) is 21.6. The minimum atomic E-state index is 0. The standard InChI is InChI=1S/C14H20N2O2.ClH/c1-9-3-6-12(13(7-9)18-2)16-14(17)10-4-5-11(15)8-10;/h3,6-7,10-11H,4-5,8,15H2,1-2H3,(H,16,17);1H. The van der Waals surface area contributed by atoms with Gasteiger partial charge in [0, 0.05) is 12.0 Å². The summed E-state index contributed by atoms with van der Waals surface area (Å²) >= 11 is 0. The molecule has 5 heteroatoms. The molecule has 1 aliphatic carbocycles. The lowest BCUT2D eigenvalue weighted by molar-refractivity contribution is -0.119.